The predicted molar refractivity (Wildman–Crippen MR) is 118 cm³/mol. The standard InChI is InChI=1S/C22H27N3O4S/c1-14-5-6-18(27-4)19-20(14)30-22(23-19)25(8-7-24-9-11-28-12-10-24)21(26)17-13-15(2)29-16(17)3/h5-6,13H,7-12H2,1-4H3. The van der Waals surface area contributed by atoms with Crippen molar-refractivity contribution >= 4 is 32.6 Å². The van der Waals surface area contributed by atoms with E-state index in [0.717, 1.165) is 54.4 Å². The lowest BCUT2D eigenvalue weighted by Crippen LogP contribution is -2.43. The number of aromatic nitrogens is 1. The van der Waals surface area contributed by atoms with E-state index in [9.17, 15) is 4.79 Å². The van der Waals surface area contributed by atoms with Gasteiger partial charge in [-0.2, -0.15) is 0 Å². The molecule has 3 heterocycles. The summed E-state index contributed by atoms with van der Waals surface area (Å²) < 4.78 is 17.6. The number of hydrogen-bond donors (Lipinski definition) is 0. The van der Waals surface area contributed by atoms with Crippen molar-refractivity contribution in [3.63, 3.8) is 0 Å². The van der Waals surface area contributed by atoms with Crippen LogP contribution in [0.15, 0.2) is 22.6 Å². The Balaban J connectivity index is 1.70. The molecule has 160 valence electrons. The monoisotopic (exact) mass is 429 g/mol. The van der Waals surface area contributed by atoms with E-state index in [4.69, 9.17) is 18.9 Å². The number of carbonyl (C=O) groups excluding carboxylic acids is 1. The molecule has 0 bridgehead atoms. The second kappa shape index (κ2) is 8.75. The first-order valence-electron chi connectivity index (χ1n) is 10.1. The van der Waals surface area contributed by atoms with Crippen LogP contribution < -0.4 is 9.64 Å². The van der Waals surface area contributed by atoms with E-state index in [1.807, 2.05) is 32.9 Å². The summed E-state index contributed by atoms with van der Waals surface area (Å²) in [4.78, 5) is 22.4. The van der Waals surface area contributed by atoms with Crippen LogP contribution in [0.3, 0.4) is 0 Å². The normalized spacial score (nSPS) is 14.9. The molecule has 4 rings (SSSR count). The van der Waals surface area contributed by atoms with Crippen LogP contribution in [0.25, 0.3) is 10.2 Å². The number of methoxy groups -OCH3 is 1. The molecule has 1 amide bonds. The van der Waals surface area contributed by atoms with Gasteiger partial charge in [0.05, 0.1) is 30.6 Å². The molecule has 7 nitrogen and oxygen atoms in total. The Morgan fingerprint density at radius 3 is 2.70 bits per heavy atom. The number of morpholine rings is 1. The number of thiazole rings is 1. The van der Waals surface area contributed by atoms with Crippen LogP contribution in [0, 0.1) is 20.8 Å². The largest absolute Gasteiger partial charge is 0.494 e. The molecule has 0 N–H and O–H groups in total. The molecule has 1 saturated heterocycles. The maximum Gasteiger partial charge on any atom is 0.263 e. The van der Waals surface area contributed by atoms with Crippen LogP contribution in [-0.2, 0) is 4.74 Å². The Hall–Kier alpha value is -2.42. The second-order valence-corrected chi connectivity index (χ2v) is 8.47. The van der Waals surface area contributed by atoms with Crippen molar-refractivity contribution in [3.8, 4) is 5.75 Å². The maximum absolute atomic E-state index is 13.5. The first kappa shape index (κ1) is 20.8. The Morgan fingerprint density at radius 2 is 2.03 bits per heavy atom. The highest BCUT2D eigenvalue weighted by Gasteiger charge is 2.26. The van der Waals surface area contributed by atoms with E-state index in [1.165, 1.54) is 11.3 Å². The summed E-state index contributed by atoms with van der Waals surface area (Å²) >= 11 is 1.52. The average Bonchev–Trinajstić information content (AvgIpc) is 3.33. The third kappa shape index (κ3) is 4.08. The van der Waals surface area contributed by atoms with Crippen LogP contribution in [0.1, 0.15) is 27.4 Å². The van der Waals surface area contributed by atoms with Gasteiger partial charge in [0.1, 0.15) is 22.8 Å². The molecule has 0 atom stereocenters. The van der Waals surface area contributed by atoms with Gasteiger partial charge in [-0.05, 0) is 38.5 Å². The van der Waals surface area contributed by atoms with Gasteiger partial charge >= 0.3 is 0 Å². The lowest BCUT2D eigenvalue weighted by molar-refractivity contribution is 0.0391. The molecule has 2 aromatic heterocycles. The number of ether oxygens (including phenoxy) is 2. The Labute approximate surface area is 180 Å². The van der Waals surface area contributed by atoms with Gasteiger partial charge in [0.25, 0.3) is 5.91 Å². The molecular formula is C22H27N3O4S. The van der Waals surface area contributed by atoms with Gasteiger partial charge in [-0.25, -0.2) is 4.98 Å². The topological polar surface area (TPSA) is 68.0 Å². The molecule has 0 radical (unpaired) electrons. The van der Waals surface area contributed by atoms with Gasteiger partial charge in [0.15, 0.2) is 5.13 Å². The Kier molecular flexibility index (Phi) is 6.08. The lowest BCUT2D eigenvalue weighted by Gasteiger charge is -2.29. The zero-order valence-electron chi connectivity index (χ0n) is 17.9. The summed E-state index contributed by atoms with van der Waals surface area (Å²) in [5.74, 6) is 1.98. The molecule has 0 saturated carbocycles. The van der Waals surface area contributed by atoms with Crippen LogP contribution in [0.2, 0.25) is 0 Å². The zero-order valence-corrected chi connectivity index (χ0v) is 18.7. The van der Waals surface area contributed by atoms with Crippen LogP contribution in [0.4, 0.5) is 5.13 Å². The number of hydrogen-bond acceptors (Lipinski definition) is 7. The summed E-state index contributed by atoms with van der Waals surface area (Å²) in [6, 6.07) is 5.75. The number of carbonyl (C=O) groups is 1. The van der Waals surface area contributed by atoms with E-state index in [-0.39, 0.29) is 5.91 Å². The number of nitrogens with zero attached hydrogens (tertiary/aromatic N) is 3. The van der Waals surface area contributed by atoms with E-state index < -0.39 is 0 Å². The highest BCUT2D eigenvalue weighted by Crippen LogP contribution is 2.37. The quantitative estimate of drug-likeness (QED) is 0.594. The Bertz CT molecular complexity index is 1050. The number of anilines is 1. The van der Waals surface area contributed by atoms with E-state index >= 15 is 0 Å². The summed E-state index contributed by atoms with van der Waals surface area (Å²) in [6.07, 6.45) is 0. The minimum Gasteiger partial charge on any atom is -0.494 e. The zero-order chi connectivity index (χ0) is 21.3. The van der Waals surface area contributed by atoms with E-state index in [1.54, 1.807) is 18.1 Å². The summed E-state index contributed by atoms with van der Waals surface area (Å²) in [5.41, 5.74) is 2.49. The Morgan fingerprint density at radius 1 is 1.27 bits per heavy atom. The molecule has 3 aromatic rings. The summed E-state index contributed by atoms with van der Waals surface area (Å²) in [5, 5.41) is 0.675. The predicted octanol–water partition coefficient (Wildman–Crippen LogP) is 3.80. The molecule has 30 heavy (non-hydrogen) atoms. The van der Waals surface area contributed by atoms with Crippen molar-refractivity contribution < 1.29 is 18.7 Å². The van der Waals surface area contributed by atoms with Crippen molar-refractivity contribution in [1.29, 1.82) is 0 Å². The van der Waals surface area contributed by atoms with Crippen molar-refractivity contribution in [2.75, 3.05) is 51.4 Å². The second-order valence-electron chi connectivity index (χ2n) is 7.50. The van der Waals surface area contributed by atoms with Gasteiger partial charge in [0, 0.05) is 26.2 Å². The molecular weight excluding hydrogens is 402 g/mol. The number of amides is 1. The van der Waals surface area contributed by atoms with Crippen LogP contribution in [0.5, 0.6) is 5.75 Å². The molecule has 1 fully saturated rings. The maximum atomic E-state index is 13.5. The number of aryl methyl sites for hydroxylation is 3. The van der Waals surface area contributed by atoms with Gasteiger partial charge in [-0.1, -0.05) is 17.4 Å². The van der Waals surface area contributed by atoms with Crippen LogP contribution in [-0.4, -0.2) is 62.3 Å². The molecule has 1 aliphatic heterocycles. The number of benzene rings is 1. The highest BCUT2D eigenvalue weighted by molar-refractivity contribution is 7.22. The fourth-order valence-corrected chi connectivity index (χ4v) is 4.79. The van der Waals surface area contributed by atoms with Crippen molar-refractivity contribution in [1.82, 2.24) is 9.88 Å². The van der Waals surface area contributed by atoms with Gasteiger partial charge < -0.3 is 13.9 Å². The van der Waals surface area contributed by atoms with E-state index in [2.05, 4.69) is 4.90 Å². The van der Waals surface area contributed by atoms with E-state index in [0.29, 0.717) is 28.7 Å². The van der Waals surface area contributed by atoms with Crippen LogP contribution >= 0.6 is 11.3 Å². The molecule has 0 aliphatic carbocycles. The number of rotatable bonds is 6. The van der Waals surface area contributed by atoms with Crippen molar-refractivity contribution in [2.24, 2.45) is 0 Å². The van der Waals surface area contributed by atoms with Crippen molar-refractivity contribution in [2.45, 2.75) is 20.8 Å². The average molecular weight is 430 g/mol. The molecule has 0 spiro atoms. The molecule has 1 aromatic carbocycles. The van der Waals surface area contributed by atoms with Gasteiger partial charge in [-0.3, -0.25) is 14.6 Å². The SMILES string of the molecule is COc1ccc(C)c2sc(N(CCN3CCOCC3)C(=O)c3cc(C)oc3C)nc12. The number of fused-ring (bicyclic) bond motifs is 1. The first-order chi connectivity index (χ1) is 14.5. The first-order valence-corrected chi connectivity index (χ1v) is 10.9. The molecule has 0 unspecified atom stereocenters. The van der Waals surface area contributed by atoms with Gasteiger partial charge in [0.2, 0.25) is 0 Å². The molecule has 1 aliphatic rings. The minimum absolute atomic E-state index is 0.0896. The lowest BCUT2D eigenvalue weighted by atomic mass is 10.2. The third-order valence-corrected chi connectivity index (χ3v) is 6.62. The van der Waals surface area contributed by atoms with Crippen molar-refractivity contribution in [3.05, 3.63) is 40.8 Å². The van der Waals surface area contributed by atoms with Gasteiger partial charge in [-0.15, -0.1) is 0 Å². The summed E-state index contributed by atoms with van der Waals surface area (Å²) in [6.45, 7) is 10.2. The summed E-state index contributed by atoms with van der Waals surface area (Å²) in [7, 11) is 1.64. The molecule has 8 heteroatoms. The minimum atomic E-state index is -0.0896. The number of furan rings is 1. The fraction of sp³-hybridized carbons (Fsp3) is 0.455. The smallest absolute Gasteiger partial charge is 0.263 e. The third-order valence-electron chi connectivity index (χ3n) is 5.40. The highest BCUT2D eigenvalue weighted by atomic mass is 32.1. The fourth-order valence-electron chi connectivity index (χ4n) is 3.72.